The Morgan fingerprint density at radius 3 is 2.73 bits per heavy atom. The molecule has 0 saturated carbocycles. The molecule has 7 heteroatoms. The van der Waals surface area contributed by atoms with E-state index in [9.17, 15) is 9.59 Å². The number of benzene rings is 2. The fourth-order valence-electron chi connectivity index (χ4n) is 5.05. The third kappa shape index (κ3) is 4.33. The molecule has 170 valence electrons. The molecule has 0 unspecified atom stereocenters. The van der Waals surface area contributed by atoms with Crippen molar-refractivity contribution in [3.8, 4) is 0 Å². The lowest BCUT2D eigenvalue weighted by atomic mass is 9.85. The molecule has 0 bridgehead atoms. The zero-order valence-corrected chi connectivity index (χ0v) is 19.2. The molecule has 3 heterocycles. The van der Waals surface area contributed by atoms with Crippen LogP contribution in [-0.2, 0) is 4.79 Å². The maximum absolute atomic E-state index is 12.8. The van der Waals surface area contributed by atoms with Gasteiger partial charge in [-0.2, -0.15) is 0 Å². The lowest BCUT2D eigenvalue weighted by molar-refractivity contribution is -0.125. The van der Waals surface area contributed by atoms with Crippen LogP contribution in [0.25, 0.3) is 10.9 Å². The van der Waals surface area contributed by atoms with Gasteiger partial charge >= 0.3 is 0 Å². The van der Waals surface area contributed by atoms with E-state index in [2.05, 4.69) is 20.1 Å². The van der Waals surface area contributed by atoms with E-state index in [0.29, 0.717) is 23.7 Å². The molecule has 1 aromatic heterocycles. The van der Waals surface area contributed by atoms with E-state index in [4.69, 9.17) is 11.6 Å². The minimum absolute atomic E-state index is 0.0982. The summed E-state index contributed by atoms with van der Waals surface area (Å²) >= 11 is 6.19. The summed E-state index contributed by atoms with van der Waals surface area (Å²) in [5.74, 6) is 0.227. The first-order chi connectivity index (χ1) is 16.0. The molecule has 33 heavy (non-hydrogen) atoms. The van der Waals surface area contributed by atoms with Crippen LogP contribution in [0.5, 0.6) is 0 Å². The molecule has 2 aliphatic heterocycles. The fraction of sp³-hybridized carbons (Fsp3) is 0.346. The van der Waals surface area contributed by atoms with Crippen molar-refractivity contribution in [3.63, 3.8) is 0 Å². The SMILES string of the molecule is O=C(CCCN1CCC2(CC1)C(=O)NCN2c1cccc(Cl)c1)c1cnc2ccccc2c1. The number of likely N-dealkylation sites (tertiary alicyclic amines) is 1. The number of piperidine rings is 1. The Balaban J connectivity index is 1.16. The monoisotopic (exact) mass is 462 g/mol. The van der Waals surface area contributed by atoms with Crippen molar-refractivity contribution in [2.45, 2.75) is 31.2 Å². The molecule has 3 aromatic rings. The van der Waals surface area contributed by atoms with Crippen molar-refractivity contribution in [3.05, 3.63) is 71.4 Å². The summed E-state index contributed by atoms with van der Waals surface area (Å²) in [5.41, 5.74) is 2.03. The summed E-state index contributed by atoms with van der Waals surface area (Å²) in [6.45, 7) is 3.02. The van der Waals surface area contributed by atoms with Crippen LogP contribution in [-0.4, -0.2) is 53.4 Å². The Kier molecular flexibility index (Phi) is 6.04. The van der Waals surface area contributed by atoms with Gasteiger partial charge in [-0.3, -0.25) is 14.6 Å². The molecule has 2 saturated heterocycles. The average Bonchev–Trinajstić information content (AvgIpc) is 3.15. The smallest absolute Gasteiger partial charge is 0.247 e. The number of halogens is 1. The van der Waals surface area contributed by atoms with Gasteiger partial charge in [-0.15, -0.1) is 0 Å². The fourth-order valence-corrected chi connectivity index (χ4v) is 5.23. The number of fused-ring (bicyclic) bond motifs is 1. The molecule has 2 fully saturated rings. The van der Waals surface area contributed by atoms with Crippen molar-refractivity contribution in [1.82, 2.24) is 15.2 Å². The van der Waals surface area contributed by atoms with Crippen LogP contribution < -0.4 is 10.2 Å². The zero-order valence-electron chi connectivity index (χ0n) is 18.5. The molecule has 2 aromatic carbocycles. The highest BCUT2D eigenvalue weighted by atomic mass is 35.5. The van der Waals surface area contributed by atoms with Crippen LogP contribution in [0.4, 0.5) is 5.69 Å². The highest BCUT2D eigenvalue weighted by Gasteiger charge is 2.50. The first kappa shape index (κ1) is 21.9. The second kappa shape index (κ2) is 9.12. The van der Waals surface area contributed by atoms with Crippen LogP contribution in [0.1, 0.15) is 36.0 Å². The van der Waals surface area contributed by atoms with Gasteiger partial charge < -0.3 is 15.1 Å². The number of hydrogen-bond donors (Lipinski definition) is 1. The number of Topliss-reactive ketones (excluding diaryl/α,β-unsaturated/α-hetero) is 1. The summed E-state index contributed by atoms with van der Waals surface area (Å²) in [6, 6.07) is 17.5. The van der Waals surface area contributed by atoms with Crippen LogP contribution >= 0.6 is 11.6 Å². The van der Waals surface area contributed by atoms with Crippen LogP contribution in [0.15, 0.2) is 60.8 Å². The molecular weight excluding hydrogens is 436 g/mol. The van der Waals surface area contributed by atoms with E-state index >= 15 is 0 Å². The quantitative estimate of drug-likeness (QED) is 0.554. The first-order valence-electron chi connectivity index (χ1n) is 11.5. The molecule has 0 radical (unpaired) electrons. The Bertz CT molecular complexity index is 1190. The first-order valence-corrected chi connectivity index (χ1v) is 11.8. The van der Waals surface area contributed by atoms with Gasteiger partial charge in [-0.1, -0.05) is 35.9 Å². The predicted octanol–water partition coefficient (Wildman–Crippen LogP) is 4.28. The summed E-state index contributed by atoms with van der Waals surface area (Å²) in [7, 11) is 0. The van der Waals surface area contributed by atoms with Gasteiger partial charge in [-0.05, 0) is 56.1 Å². The number of nitrogens with one attached hydrogen (secondary N) is 1. The highest BCUT2D eigenvalue weighted by Crippen LogP contribution is 2.37. The van der Waals surface area contributed by atoms with E-state index in [1.807, 2.05) is 54.6 Å². The topological polar surface area (TPSA) is 65.5 Å². The van der Waals surface area contributed by atoms with Gasteiger partial charge in [0.25, 0.3) is 0 Å². The second-order valence-electron chi connectivity index (χ2n) is 8.89. The number of carbonyl (C=O) groups is 2. The van der Waals surface area contributed by atoms with Crippen molar-refractivity contribution in [2.24, 2.45) is 0 Å². The second-order valence-corrected chi connectivity index (χ2v) is 9.33. The molecule has 6 nitrogen and oxygen atoms in total. The Morgan fingerprint density at radius 1 is 1.09 bits per heavy atom. The molecule has 1 amide bonds. The number of nitrogens with zero attached hydrogens (tertiary/aromatic N) is 3. The standard InChI is InChI=1S/C26H27ClN4O2/c27-21-6-3-7-22(16-21)31-18-29-25(33)26(31)10-13-30(14-11-26)12-4-9-24(32)20-15-19-5-1-2-8-23(19)28-17-20/h1-3,5-8,15-17H,4,9-14,18H2,(H,29,33). The van der Waals surface area contributed by atoms with Gasteiger partial charge in [-0.25, -0.2) is 0 Å². The van der Waals surface area contributed by atoms with Crippen molar-refractivity contribution < 1.29 is 9.59 Å². The van der Waals surface area contributed by atoms with Crippen LogP contribution in [0, 0.1) is 0 Å². The van der Waals surface area contributed by atoms with Gasteiger partial charge in [0.05, 0.1) is 12.2 Å². The van der Waals surface area contributed by atoms with E-state index in [1.54, 1.807) is 6.20 Å². The number of amides is 1. The predicted molar refractivity (Wildman–Crippen MR) is 131 cm³/mol. The molecule has 1 N–H and O–H groups in total. The number of hydrogen-bond acceptors (Lipinski definition) is 5. The van der Waals surface area contributed by atoms with Crippen LogP contribution in [0.2, 0.25) is 5.02 Å². The number of aromatic nitrogens is 1. The summed E-state index contributed by atoms with van der Waals surface area (Å²) in [4.78, 5) is 34.4. The van der Waals surface area contributed by atoms with Crippen molar-refractivity contribution >= 4 is 39.9 Å². The summed E-state index contributed by atoms with van der Waals surface area (Å²) in [5, 5.41) is 4.69. The number of pyridine rings is 1. The number of para-hydroxylation sites is 1. The van der Waals surface area contributed by atoms with Crippen molar-refractivity contribution in [1.29, 1.82) is 0 Å². The Labute approximate surface area is 198 Å². The molecule has 0 aliphatic carbocycles. The molecule has 0 atom stereocenters. The van der Waals surface area contributed by atoms with Crippen LogP contribution in [0.3, 0.4) is 0 Å². The normalized spacial score (nSPS) is 18.1. The van der Waals surface area contributed by atoms with Gasteiger partial charge in [0.15, 0.2) is 5.78 Å². The summed E-state index contributed by atoms with van der Waals surface area (Å²) < 4.78 is 0. The average molecular weight is 463 g/mol. The molecular formula is C26H27ClN4O2. The van der Waals surface area contributed by atoms with Gasteiger partial charge in [0.2, 0.25) is 5.91 Å². The minimum Gasteiger partial charge on any atom is -0.339 e. The summed E-state index contributed by atoms with van der Waals surface area (Å²) in [6.07, 6.45) is 4.49. The molecule has 2 aliphatic rings. The Morgan fingerprint density at radius 2 is 1.91 bits per heavy atom. The third-order valence-corrected chi connectivity index (χ3v) is 7.17. The number of ketones is 1. The van der Waals surface area contributed by atoms with E-state index in [1.165, 1.54) is 0 Å². The highest BCUT2D eigenvalue weighted by molar-refractivity contribution is 6.30. The number of anilines is 1. The largest absolute Gasteiger partial charge is 0.339 e. The van der Waals surface area contributed by atoms with Crippen molar-refractivity contribution in [2.75, 3.05) is 31.2 Å². The van der Waals surface area contributed by atoms with E-state index in [-0.39, 0.29) is 11.7 Å². The Hall–Kier alpha value is -2.96. The third-order valence-electron chi connectivity index (χ3n) is 6.93. The maximum Gasteiger partial charge on any atom is 0.247 e. The van der Waals surface area contributed by atoms with E-state index < -0.39 is 5.54 Å². The number of rotatable bonds is 6. The van der Waals surface area contributed by atoms with E-state index in [0.717, 1.165) is 55.5 Å². The lowest BCUT2D eigenvalue weighted by Crippen LogP contribution is -2.56. The maximum atomic E-state index is 12.8. The minimum atomic E-state index is -0.520. The molecule has 1 spiro atoms. The number of carbonyl (C=O) groups excluding carboxylic acids is 2. The lowest BCUT2D eigenvalue weighted by Gasteiger charge is -2.43. The van der Waals surface area contributed by atoms with Gasteiger partial charge in [0, 0.05) is 47.4 Å². The van der Waals surface area contributed by atoms with Gasteiger partial charge in [0.1, 0.15) is 5.54 Å². The zero-order chi connectivity index (χ0) is 22.8. The molecule has 5 rings (SSSR count).